The summed E-state index contributed by atoms with van der Waals surface area (Å²) < 4.78 is 6.95. The second kappa shape index (κ2) is 4.71. The third-order valence-corrected chi connectivity index (χ3v) is 5.57. The Hall–Kier alpha value is 0.200. The lowest BCUT2D eigenvalue weighted by molar-refractivity contribution is 0.167. The fourth-order valence-corrected chi connectivity index (χ4v) is 3.17. The molecule has 0 spiro atoms. The minimum Gasteiger partial charge on any atom is -0.478 e. The summed E-state index contributed by atoms with van der Waals surface area (Å²) in [5, 5.41) is 0. The van der Waals surface area contributed by atoms with Crippen molar-refractivity contribution in [3.8, 4) is 0 Å². The van der Waals surface area contributed by atoms with Gasteiger partial charge in [-0.25, -0.2) is 4.99 Å². The average molecular weight is 351 g/mol. The second-order valence-corrected chi connectivity index (χ2v) is 8.11. The highest BCUT2D eigenvalue weighted by Crippen LogP contribution is 2.44. The van der Waals surface area contributed by atoms with E-state index in [4.69, 9.17) is 9.73 Å². The number of aliphatic imine (C=N–C) groups is 1. The van der Waals surface area contributed by atoms with Gasteiger partial charge in [0.1, 0.15) is 6.61 Å². The molecule has 0 N–H and O–H groups in total. The van der Waals surface area contributed by atoms with Gasteiger partial charge in [0.15, 0.2) is 5.90 Å². The zero-order valence-electron chi connectivity index (χ0n) is 12.2. The normalized spacial score (nSPS) is 25.2. The van der Waals surface area contributed by atoms with Gasteiger partial charge in [0.05, 0.1) is 11.5 Å². The van der Waals surface area contributed by atoms with E-state index in [1.54, 1.807) is 0 Å². The molecular formula is C14H26INO. The van der Waals surface area contributed by atoms with E-state index in [9.17, 15) is 0 Å². The first-order valence-corrected chi connectivity index (χ1v) is 7.82. The van der Waals surface area contributed by atoms with Crippen molar-refractivity contribution in [1.82, 2.24) is 0 Å². The van der Waals surface area contributed by atoms with Crippen molar-refractivity contribution in [1.29, 1.82) is 0 Å². The van der Waals surface area contributed by atoms with Gasteiger partial charge in [0.25, 0.3) is 0 Å². The van der Waals surface area contributed by atoms with Gasteiger partial charge in [-0.05, 0) is 17.8 Å². The third-order valence-electron chi connectivity index (χ3n) is 4.05. The molecule has 1 rings (SSSR count). The van der Waals surface area contributed by atoms with Crippen LogP contribution in [0.15, 0.2) is 4.99 Å². The zero-order valence-corrected chi connectivity index (χ0v) is 14.4. The van der Waals surface area contributed by atoms with E-state index in [2.05, 4.69) is 71.1 Å². The summed E-state index contributed by atoms with van der Waals surface area (Å²) in [7, 11) is 0. The van der Waals surface area contributed by atoms with Gasteiger partial charge >= 0.3 is 0 Å². The predicted molar refractivity (Wildman–Crippen MR) is 83.1 cm³/mol. The summed E-state index contributed by atoms with van der Waals surface area (Å²) >= 11 is 2.45. The number of nitrogens with zero attached hydrogens (tertiary/aromatic N) is 1. The molecule has 100 valence electrons. The van der Waals surface area contributed by atoms with Gasteiger partial charge in [-0.2, -0.15) is 0 Å². The molecule has 2 atom stereocenters. The first-order chi connectivity index (χ1) is 7.52. The molecule has 0 radical (unpaired) electrons. The van der Waals surface area contributed by atoms with Gasteiger partial charge in [-0.3, -0.25) is 0 Å². The number of rotatable bonds is 2. The Kier molecular flexibility index (Phi) is 4.22. The maximum Gasteiger partial charge on any atom is 0.191 e. The summed E-state index contributed by atoms with van der Waals surface area (Å²) in [4.78, 5) is 4.86. The molecule has 0 saturated heterocycles. The number of alkyl halides is 1. The van der Waals surface area contributed by atoms with Crippen molar-refractivity contribution >= 4 is 28.5 Å². The molecule has 17 heavy (non-hydrogen) atoms. The second-order valence-electron chi connectivity index (χ2n) is 7.34. The maximum atomic E-state index is 5.92. The molecule has 0 saturated carbocycles. The monoisotopic (exact) mass is 351 g/mol. The molecule has 1 aliphatic rings. The summed E-state index contributed by atoms with van der Waals surface area (Å²) in [6, 6.07) is 0.294. The fourth-order valence-electron chi connectivity index (χ4n) is 1.70. The van der Waals surface area contributed by atoms with Gasteiger partial charge in [0.2, 0.25) is 0 Å². The standard InChI is InChI=1S/C14H26INO/c1-12(2,3)10-8-17-11(16-10)14(7,9-15)13(4,5)6/h10H,8-9H2,1-7H3. The van der Waals surface area contributed by atoms with Crippen LogP contribution in [-0.4, -0.2) is 23.0 Å². The molecule has 0 fully saturated rings. The van der Waals surface area contributed by atoms with E-state index in [1.165, 1.54) is 0 Å². The number of ether oxygens (including phenoxy) is 1. The largest absolute Gasteiger partial charge is 0.478 e. The molecule has 2 unspecified atom stereocenters. The number of halogens is 1. The highest BCUT2D eigenvalue weighted by Gasteiger charge is 2.46. The van der Waals surface area contributed by atoms with Crippen LogP contribution in [0.1, 0.15) is 48.5 Å². The Morgan fingerprint density at radius 1 is 1.18 bits per heavy atom. The molecular weight excluding hydrogens is 325 g/mol. The lowest BCUT2D eigenvalue weighted by Crippen LogP contribution is -2.42. The van der Waals surface area contributed by atoms with E-state index in [-0.39, 0.29) is 16.2 Å². The minimum absolute atomic E-state index is 0.0214. The SMILES string of the molecule is CC(C)(C)C1COC(C(C)(CI)C(C)(C)C)=N1. The van der Waals surface area contributed by atoms with E-state index >= 15 is 0 Å². The third kappa shape index (κ3) is 2.96. The number of hydrogen-bond acceptors (Lipinski definition) is 2. The topological polar surface area (TPSA) is 21.6 Å². The quantitative estimate of drug-likeness (QED) is 0.536. The van der Waals surface area contributed by atoms with Crippen LogP contribution in [0.5, 0.6) is 0 Å². The van der Waals surface area contributed by atoms with Crippen LogP contribution >= 0.6 is 22.6 Å². The van der Waals surface area contributed by atoms with Crippen LogP contribution in [0.2, 0.25) is 0 Å². The Morgan fingerprint density at radius 3 is 2.00 bits per heavy atom. The molecule has 1 heterocycles. The van der Waals surface area contributed by atoms with Gasteiger partial charge in [-0.1, -0.05) is 64.1 Å². The molecule has 0 aromatic heterocycles. The van der Waals surface area contributed by atoms with E-state index in [0.717, 1.165) is 16.9 Å². The maximum absolute atomic E-state index is 5.92. The van der Waals surface area contributed by atoms with Crippen molar-refractivity contribution in [2.75, 3.05) is 11.0 Å². The minimum atomic E-state index is 0.0214. The van der Waals surface area contributed by atoms with Crippen LogP contribution in [0.25, 0.3) is 0 Å². The highest BCUT2D eigenvalue weighted by atomic mass is 127. The smallest absolute Gasteiger partial charge is 0.191 e. The Balaban J connectivity index is 3.02. The molecule has 1 aliphatic heterocycles. The van der Waals surface area contributed by atoms with Crippen molar-refractivity contribution in [3.63, 3.8) is 0 Å². The number of hydrogen-bond donors (Lipinski definition) is 0. The first-order valence-electron chi connectivity index (χ1n) is 6.29. The summed E-state index contributed by atoms with van der Waals surface area (Å²) in [6.07, 6.45) is 0. The van der Waals surface area contributed by atoms with Gasteiger partial charge in [0, 0.05) is 4.43 Å². The van der Waals surface area contributed by atoms with Gasteiger partial charge in [-0.15, -0.1) is 0 Å². The molecule has 2 nitrogen and oxygen atoms in total. The van der Waals surface area contributed by atoms with Crippen LogP contribution in [0.4, 0.5) is 0 Å². The van der Waals surface area contributed by atoms with Crippen LogP contribution in [0.3, 0.4) is 0 Å². The molecule has 0 aliphatic carbocycles. The van der Waals surface area contributed by atoms with Crippen LogP contribution in [-0.2, 0) is 4.74 Å². The summed E-state index contributed by atoms with van der Waals surface area (Å²) in [5.41, 5.74) is 0.374. The van der Waals surface area contributed by atoms with Crippen LogP contribution in [0, 0.1) is 16.2 Å². The Bertz CT molecular complexity index is 311. The molecule has 0 aromatic carbocycles. The molecule has 3 heteroatoms. The predicted octanol–water partition coefficient (Wildman–Crippen LogP) is 4.32. The van der Waals surface area contributed by atoms with E-state index in [0.29, 0.717) is 6.04 Å². The van der Waals surface area contributed by atoms with Crippen molar-refractivity contribution in [2.45, 2.75) is 54.5 Å². The van der Waals surface area contributed by atoms with Crippen molar-refractivity contribution < 1.29 is 4.74 Å². The molecule has 0 amide bonds. The zero-order chi connectivity index (χ0) is 13.5. The Labute approximate surface area is 120 Å². The van der Waals surface area contributed by atoms with Crippen LogP contribution < -0.4 is 0 Å². The van der Waals surface area contributed by atoms with Crippen molar-refractivity contribution in [2.24, 2.45) is 21.2 Å². The summed E-state index contributed by atoms with van der Waals surface area (Å²) in [5.74, 6) is 0.958. The van der Waals surface area contributed by atoms with Crippen molar-refractivity contribution in [3.05, 3.63) is 0 Å². The molecule has 0 aromatic rings. The van der Waals surface area contributed by atoms with E-state index < -0.39 is 0 Å². The summed E-state index contributed by atoms with van der Waals surface area (Å²) in [6.45, 7) is 16.5. The first kappa shape index (κ1) is 15.3. The Morgan fingerprint density at radius 2 is 1.71 bits per heavy atom. The van der Waals surface area contributed by atoms with E-state index in [1.807, 2.05) is 0 Å². The fraction of sp³-hybridized carbons (Fsp3) is 0.929. The lowest BCUT2D eigenvalue weighted by Gasteiger charge is -2.39. The molecule has 0 bridgehead atoms. The lowest BCUT2D eigenvalue weighted by atomic mass is 9.69. The average Bonchev–Trinajstić information content (AvgIpc) is 2.62. The van der Waals surface area contributed by atoms with Gasteiger partial charge < -0.3 is 4.74 Å². The highest BCUT2D eigenvalue weighted by molar-refractivity contribution is 14.1.